The van der Waals surface area contributed by atoms with Crippen LogP contribution in [0.4, 0.5) is 0 Å². The Kier molecular flexibility index (Phi) is 3.66. The molecule has 1 amide bonds. The van der Waals surface area contributed by atoms with Crippen LogP contribution in [0.2, 0.25) is 0 Å². The molecule has 3 N–H and O–H groups in total. The lowest BCUT2D eigenvalue weighted by Crippen LogP contribution is -2.33. The van der Waals surface area contributed by atoms with E-state index in [1.54, 1.807) is 10.8 Å². The Balaban J connectivity index is 2.60. The minimum atomic E-state index is -0.308. The molecule has 0 atom stereocenters. The number of hydrazine groups is 1. The number of amides is 1. The second-order valence-corrected chi connectivity index (χ2v) is 4.81. The van der Waals surface area contributed by atoms with Gasteiger partial charge in [0.1, 0.15) is 6.54 Å². The summed E-state index contributed by atoms with van der Waals surface area (Å²) >= 11 is 0. The molecular formula is C14H17N3O2. The van der Waals surface area contributed by atoms with Crippen LogP contribution in [0.3, 0.4) is 0 Å². The highest BCUT2D eigenvalue weighted by Crippen LogP contribution is 2.19. The van der Waals surface area contributed by atoms with Crippen molar-refractivity contribution in [2.24, 2.45) is 5.84 Å². The van der Waals surface area contributed by atoms with Gasteiger partial charge in [0.05, 0.1) is 5.52 Å². The molecule has 5 heteroatoms. The highest BCUT2D eigenvalue weighted by molar-refractivity contribution is 5.82. The second kappa shape index (κ2) is 5.24. The molecule has 0 fully saturated rings. The average Bonchev–Trinajstić information content (AvgIpc) is 2.41. The normalized spacial score (nSPS) is 10.9. The third-order valence-electron chi connectivity index (χ3n) is 3.14. The van der Waals surface area contributed by atoms with E-state index in [0.29, 0.717) is 11.3 Å². The molecule has 5 nitrogen and oxygen atoms in total. The number of rotatable bonds is 3. The second-order valence-electron chi connectivity index (χ2n) is 4.81. The fourth-order valence-corrected chi connectivity index (χ4v) is 2.03. The van der Waals surface area contributed by atoms with Gasteiger partial charge >= 0.3 is 0 Å². The standard InChI is InChI=1S/C14H17N3O2/c1-9(2)10-3-4-12-11(7-10)13(18)5-6-17(12)8-14(19)16-15/h3-7,9H,8,15H2,1-2H3,(H,16,19). The monoisotopic (exact) mass is 259 g/mol. The van der Waals surface area contributed by atoms with Crippen LogP contribution in [0, 0.1) is 0 Å². The first kappa shape index (κ1) is 13.3. The molecule has 0 bridgehead atoms. The van der Waals surface area contributed by atoms with Crippen molar-refractivity contribution in [1.82, 2.24) is 9.99 Å². The molecule has 0 unspecified atom stereocenters. The molecule has 0 saturated carbocycles. The quantitative estimate of drug-likeness (QED) is 0.492. The van der Waals surface area contributed by atoms with E-state index in [4.69, 9.17) is 5.84 Å². The summed E-state index contributed by atoms with van der Waals surface area (Å²) in [5, 5.41) is 0.624. The van der Waals surface area contributed by atoms with Crippen molar-refractivity contribution in [2.75, 3.05) is 0 Å². The van der Waals surface area contributed by atoms with Crippen molar-refractivity contribution in [3.05, 3.63) is 46.2 Å². The third-order valence-corrected chi connectivity index (χ3v) is 3.14. The average molecular weight is 259 g/mol. The Morgan fingerprint density at radius 2 is 2.11 bits per heavy atom. The predicted octanol–water partition coefficient (Wildman–Crippen LogP) is 1.11. The Morgan fingerprint density at radius 3 is 2.74 bits per heavy atom. The Morgan fingerprint density at radius 1 is 1.37 bits per heavy atom. The summed E-state index contributed by atoms with van der Waals surface area (Å²) in [5.41, 5.74) is 3.88. The van der Waals surface area contributed by atoms with Crippen molar-refractivity contribution in [1.29, 1.82) is 0 Å². The van der Waals surface area contributed by atoms with E-state index in [9.17, 15) is 9.59 Å². The number of nitrogens with one attached hydrogen (secondary N) is 1. The van der Waals surface area contributed by atoms with Gasteiger partial charge in [-0.25, -0.2) is 5.84 Å². The maximum Gasteiger partial charge on any atom is 0.253 e. The van der Waals surface area contributed by atoms with E-state index in [1.807, 2.05) is 18.2 Å². The molecule has 2 aromatic rings. The van der Waals surface area contributed by atoms with Crippen LogP contribution in [-0.4, -0.2) is 10.5 Å². The molecule has 1 aromatic carbocycles. The van der Waals surface area contributed by atoms with Gasteiger partial charge in [0, 0.05) is 17.6 Å². The number of carbonyl (C=O) groups is 1. The summed E-state index contributed by atoms with van der Waals surface area (Å²) in [6.07, 6.45) is 1.61. The lowest BCUT2D eigenvalue weighted by atomic mass is 10.0. The molecule has 0 aliphatic heterocycles. The summed E-state index contributed by atoms with van der Waals surface area (Å²) in [5.74, 6) is 5.13. The predicted molar refractivity (Wildman–Crippen MR) is 74.6 cm³/mol. The first-order chi connectivity index (χ1) is 9.02. The van der Waals surface area contributed by atoms with Crippen LogP contribution in [0.15, 0.2) is 35.3 Å². The topological polar surface area (TPSA) is 77.1 Å². The maximum atomic E-state index is 11.9. The molecule has 1 aromatic heterocycles. The summed E-state index contributed by atoms with van der Waals surface area (Å²) in [6, 6.07) is 7.20. The first-order valence-electron chi connectivity index (χ1n) is 6.15. The van der Waals surface area contributed by atoms with Crippen molar-refractivity contribution in [2.45, 2.75) is 26.3 Å². The third kappa shape index (κ3) is 2.66. The molecule has 100 valence electrons. The number of aromatic nitrogens is 1. The van der Waals surface area contributed by atoms with Gasteiger partial charge in [0.2, 0.25) is 0 Å². The summed E-state index contributed by atoms with van der Waals surface area (Å²) in [7, 11) is 0. The van der Waals surface area contributed by atoms with Crippen LogP contribution < -0.4 is 16.7 Å². The Hall–Kier alpha value is -2.14. The number of pyridine rings is 1. The molecular weight excluding hydrogens is 242 g/mol. The molecule has 0 saturated heterocycles. The summed E-state index contributed by atoms with van der Waals surface area (Å²) < 4.78 is 1.71. The highest BCUT2D eigenvalue weighted by atomic mass is 16.2. The first-order valence-corrected chi connectivity index (χ1v) is 6.15. The van der Waals surface area contributed by atoms with Crippen LogP contribution in [-0.2, 0) is 11.3 Å². The van der Waals surface area contributed by atoms with Crippen molar-refractivity contribution < 1.29 is 4.79 Å². The fourth-order valence-electron chi connectivity index (χ4n) is 2.03. The van der Waals surface area contributed by atoms with Crippen molar-refractivity contribution in [3.63, 3.8) is 0 Å². The zero-order valence-electron chi connectivity index (χ0n) is 11.0. The van der Waals surface area contributed by atoms with Gasteiger partial charge in [-0.05, 0) is 23.6 Å². The number of benzene rings is 1. The van der Waals surface area contributed by atoms with Gasteiger partial charge in [-0.2, -0.15) is 0 Å². The van der Waals surface area contributed by atoms with Gasteiger partial charge < -0.3 is 4.57 Å². The van der Waals surface area contributed by atoms with E-state index in [0.717, 1.165) is 11.1 Å². The van der Waals surface area contributed by atoms with E-state index in [2.05, 4.69) is 19.3 Å². The minimum Gasteiger partial charge on any atom is -0.338 e. The van der Waals surface area contributed by atoms with Crippen molar-refractivity contribution >= 4 is 16.8 Å². The number of nitrogens with zero attached hydrogens (tertiary/aromatic N) is 1. The highest BCUT2D eigenvalue weighted by Gasteiger charge is 2.08. The van der Waals surface area contributed by atoms with Gasteiger partial charge in [0.15, 0.2) is 5.43 Å². The van der Waals surface area contributed by atoms with E-state index < -0.39 is 0 Å². The molecule has 0 radical (unpaired) electrons. The SMILES string of the molecule is CC(C)c1ccc2c(c1)c(=O)ccn2CC(=O)NN. The molecule has 2 rings (SSSR count). The van der Waals surface area contributed by atoms with Gasteiger partial charge in [-0.3, -0.25) is 15.0 Å². The Bertz CT molecular complexity index is 674. The number of fused-ring (bicyclic) bond motifs is 1. The van der Waals surface area contributed by atoms with Crippen LogP contribution >= 0.6 is 0 Å². The molecule has 19 heavy (non-hydrogen) atoms. The Labute approximate surface area is 111 Å². The zero-order chi connectivity index (χ0) is 14.0. The number of carbonyl (C=O) groups excluding carboxylic acids is 1. The summed E-state index contributed by atoms with van der Waals surface area (Å²) in [6.45, 7) is 4.24. The number of hydrogen-bond donors (Lipinski definition) is 2. The molecule has 0 aliphatic rings. The molecule has 1 heterocycles. The van der Waals surface area contributed by atoms with Crippen molar-refractivity contribution in [3.8, 4) is 0 Å². The van der Waals surface area contributed by atoms with Gasteiger partial charge in [0.25, 0.3) is 5.91 Å². The van der Waals surface area contributed by atoms with Gasteiger partial charge in [-0.15, -0.1) is 0 Å². The number of hydrogen-bond acceptors (Lipinski definition) is 3. The smallest absolute Gasteiger partial charge is 0.253 e. The fraction of sp³-hybridized carbons (Fsp3) is 0.286. The molecule has 0 aliphatic carbocycles. The lowest BCUT2D eigenvalue weighted by Gasteiger charge is -2.12. The zero-order valence-corrected chi connectivity index (χ0v) is 11.0. The molecule has 0 spiro atoms. The maximum absolute atomic E-state index is 11.9. The van der Waals surface area contributed by atoms with E-state index in [1.165, 1.54) is 6.07 Å². The lowest BCUT2D eigenvalue weighted by molar-refractivity contribution is -0.121. The van der Waals surface area contributed by atoms with E-state index >= 15 is 0 Å². The summed E-state index contributed by atoms with van der Waals surface area (Å²) in [4.78, 5) is 23.3. The van der Waals surface area contributed by atoms with Crippen LogP contribution in [0.25, 0.3) is 10.9 Å². The van der Waals surface area contributed by atoms with Crippen LogP contribution in [0.5, 0.6) is 0 Å². The minimum absolute atomic E-state index is 0.0399. The van der Waals surface area contributed by atoms with Gasteiger partial charge in [-0.1, -0.05) is 19.9 Å². The van der Waals surface area contributed by atoms with Crippen LogP contribution in [0.1, 0.15) is 25.3 Å². The number of nitrogens with two attached hydrogens (primary N) is 1. The van der Waals surface area contributed by atoms with E-state index in [-0.39, 0.29) is 17.9 Å². The largest absolute Gasteiger partial charge is 0.338 e.